The van der Waals surface area contributed by atoms with Crippen molar-refractivity contribution in [3.05, 3.63) is 47.0 Å². The van der Waals surface area contributed by atoms with Crippen LogP contribution in [-0.2, 0) is 6.42 Å². The van der Waals surface area contributed by atoms with Gasteiger partial charge in [-0.15, -0.1) is 0 Å². The van der Waals surface area contributed by atoms with Gasteiger partial charge in [-0.05, 0) is 24.1 Å². The first-order valence-electron chi connectivity index (χ1n) is 7.07. The lowest BCUT2D eigenvalue weighted by molar-refractivity contribution is 0.0842. The first kappa shape index (κ1) is 14.3. The van der Waals surface area contributed by atoms with E-state index in [0.717, 1.165) is 5.56 Å². The summed E-state index contributed by atoms with van der Waals surface area (Å²) in [6.07, 6.45) is 0.0654. The number of rotatable bonds is 2. The minimum Gasteiger partial charge on any atom is -0.508 e. The highest BCUT2D eigenvalue weighted by Gasteiger charge is 2.33. The van der Waals surface area contributed by atoms with E-state index in [4.69, 9.17) is 4.74 Å². The van der Waals surface area contributed by atoms with Gasteiger partial charge in [0.1, 0.15) is 34.7 Å². The van der Waals surface area contributed by atoms with Crippen LogP contribution in [0.3, 0.4) is 0 Å². The van der Waals surface area contributed by atoms with Gasteiger partial charge in [0, 0.05) is 11.6 Å². The van der Waals surface area contributed by atoms with Gasteiger partial charge in [-0.1, -0.05) is 19.1 Å². The molecule has 2 aromatic rings. The molecule has 0 fully saturated rings. The molecule has 114 valence electrons. The molecule has 1 unspecified atom stereocenters. The average molecular weight is 300 g/mol. The van der Waals surface area contributed by atoms with Gasteiger partial charge < -0.3 is 20.1 Å². The summed E-state index contributed by atoms with van der Waals surface area (Å²) < 4.78 is 5.89. The average Bonchev–Trinajstić information content (AvgIpc) is 2.47. The van der Waals surface area contributed by atoms with Gasteiger partial charge in [-0.3, -0.25) is 4.79 Å². The molecule has 1 aliphatic rings. The summed E-state index contributed by atoms with van der Waals surface area (Å²) in [5, 5.41) is 29.2. The van der Waals surface area contributed by atoms with Gasteiger partial charge in [0.25, 0.3) is 0 Å². The standard InChI is InChI=1S/C17H16O5/c1-2-11-12(19)7-13(20)16-14(21)8-15(22-17(11)16)9-3-5-10(18)6-4-9/h3-7,15,18-20H,2,8H2,1H3. The Hall–Kier alpha value is -2.69. The van der Waals surface area contributed by atoms with E-state index in [1.54, 1.807) is 12.1 Å². The van der Waals surface area contributed by atoms with Gasteiger partial charge >= 0.3 is 0 Å². The number of carbonyl (C=O) groups excluding carboxylic acids is 1. The van der Waals surface area contributed by atoms with E-state index < -0.39 is 6.10 Å². The van der Waals surface area contributed by atoms with Crippen LogP contribution < -0.4 is 4.74 Å². The molecule has 3 rings (SSSR count). The quantitative estimate of drug-likeness (QED) is 0.793. The lowest BCUT2D eigenvalue weighted by Crippen LogP contribution is -2.21. The zero-order chi connectivity index (χ0) is 15.9. The third kappa shape index (κ3) is 2.24. The maximum Gasteiger partial charge on any atom is 0.174 e. The second-order valence-corrected chi connectivity index (χ2v) is 5.28. The summed E-state index contributed by atoms with van der Waals surface area (Å²) in [5.74, 6) is -0.201. The van der Waals surface area contributed by atoms with E-state index in [1.165, 1.54) is 18.2 Å². The van der Waals surface area contributed by atoms with Crippen LogP contribution in [0.1, 0.15) is 40.9 Å². The van der Waals surface area contributed by atoms with Crippen LogP contribution in [-0.4, -0.2) is 21.1 Å². The SMILES string of the molecule is CCc1c(O)cc(O)c2c1OC(c1ccc(O)cc1)CC2=O. The molecule has 1 atom stereocenters. The van der Waals surface area contributed by atoms with Gasteiger partial charge in [0.05, 0.1) is 6.42 Å². The number of phenols is 3. The van der Waals surface area contributed by atoms with Crippen molar-refractivity contribution in [2.75, 3.05) is 0 Å². The molecule has 0 saturated carbocycles. The van der Waals surface area contributed by atoms with Crippen molar-refractivity contribution < 1.29 is 24.9 Å². The number of phenolic OH excluding ortho intramolecular Hbond substituents is 3. The number of ketones is 1. The number of carbonyl (C=O) groups is 1. The molecule has 0 saturated heterocycles. The topological polar surface area (TPSA) is 87.0 Å². The Morgan fingerprint density at radius 3 is 2.45 bits per heavy atom. The highest BCUT2D eigenvalue weighted by atomic mass is 16.5. The van der Waals surface area contributed by atoms with E-state index in [-0.39, 0.29) is 40.8 Å². The molecule has 5 heteroatoms. The van der Waals surface area contributed by atoms with Crippen molar-refractivity contribution in [2.24, 2.45) is 0 Å². The van der Waals surface area contributed by atoms with Crippen LogP contribution in [0.25, 0.3) is 0 Å². The Morgan fingerprint density at radius 1 is 1.14 bits per heavy atom. The first-order valence-corrected chi connectivity index (χ1v) is 7.07. The minimum atomic E-state index is -0.507. The summed E-state index contributed by atoms with van der Waals surface area (Å²) in [6.45, 7) is 1.84. The Kier molecular flexibility index (Phi) is 3.41. The Morgan fingerprint density at radius 2 is 1.82 bits per heavy atom. The maximum atomic E-state index is 12.4. The van der Waals surface area contributed by atoms with Crippen LogP contribution in [0.15, 0.2) is 30.3 Å². The van der Waals surface area contributed by atoms with Crippen LogP contribution in [0.5, 0.6) is 23.0 Å². The molecule has 5 nitrogen and oxygen atoms in total. The summed E-state index contributed by atoms with van der Waals surface area (Å²) >= 11 is 0. The Bertz CT molecular complexity index is 734. The number of ether oxygens (including phenoxy) is 1. The molecule has 22 heavy (non-hydrogen) atoms. The number of hydrogen-bond donors (Lipinski definition) is 3. The molecule has 3 N–H and O–H groups in total. The van der Waals surface area contributed by atoms with Gasteiger partial charge in [-0.2, -0.15) is 0 Å². The fraction of sp³-hybridized carbons (Fsp3) is 0.235. The maximum absolute atomic E-state index is 12.4. The van der Waals surface area contributed by atoms with Crippen molar-refractivity contribution in [1.29, 1.82) is 0 Å². The Labute approximate surface area is 127 Å². The van der Waals surface area contributed by atoms with Crippen LogP contribution in [0.2, 0.25) is 0 Å². The smallest absolute Gasteiger partial charge is 0.174 e. The zero-order valence-electron chi connectivity index (χ0n) is 12.0. The fourth-order valence-electron chi connectivity index (χ4n) is 2.74. The number of aromatic hydroxyl groups is 3. The van der Waals surface area contributed by atoms with Crippen LogP contribution in [0, 0.1) is 0 Å². The lowest BCUT2D eigenvalue weighted by Gasteiger charge is -2.28. The minimum absolute atomic E-state index is 0.0853. The third-order valence-corrected chi connectivity index (χ3v) is 3.87. The second-order valence-electron chi connectivity index (χ2n) is 5.28. The molecule has 1 heterocycles. The fourth-order valence-corrected chi connectivity index (χ4v) is 2.74. The van der Waals surface area contributed by atoms with Crippen molar-refractivity contribution in [1.82, 2.24) is 0 Å². The van der Waals surface area contributed by atoms with Crippen molar-refractivity contribution >= 4 is 5.78 Å². The predicted molar refractivity (Wildman–Crippen MR) is 79.6 cm³/mol. The molecule has 0 bridgehead atoms. The lowest BCUT2D eigenvalue weighted by atomic mass is 9.92. The van der Waals surface area contributed by atoms with Gasteiger partial charge in [0.2, 0.25) is 0 Å². The van der Waals surface area contributed by atoms with E-state index in [2.05, 4.69) is 0 Å². The third-order valence-electron chi connectivity index (χ3n) is 3.87. The number of benzene rings is 2. The van der Waals surface area contributed by atoms with Crippen LogP contribution >= 0.6 is 0 Å². The van der Waals surface area contributed by atoms with E-state index in [0.29, 0.717) is 12.0 Å². The van der Waals surface area contributed by atoms with Crippen molar-refractivity contribution in [3.8, 4) is 23.0 Å². The molecule has 0 spiro atoms. The molecular weight excluding hydrogens is 284 g/mol. The van der Waals surface area contributed by atoms with Crippen molar-refractivity contribution in [2.45, 2.75) is 25.9 Å². The van der Waals surface area contributed by atoms with Crippen LogP contribution in [0.4, 0.5) is 0 Å². The molecule has 0 aromatic heterocycles. The Balaban J connectivity index is 2.08. The number of Topliss-reactive ketones (excluding diaryl/α,β-unsaturated/α-hetero) is 1. The first-order chi connectivity index (χ1) is 10.5. The normalized spacial score (nSPS) is 17.0. The number of hydrogen-bond acceptors (Lipinski definition) is 5. The molecule has 0 amide bonds. The highest BCUT2D eigenvalue weighted by molar-refractivity contribution is 6.03. The van der Waals surface area contributed by atoms with Gasteiger partial charge in [0.15, 0.2) is 5.78 Å². The zero-order valence-corrected chi connectivity index (χ0v) is 12.0. The summed E-state index contributed by atoms with van der Waals surface area (Å²) in [5.41, 5.74) is 1.39. The molecule has 0 radical (unpaired) electrons. The van der Waals surface area contributed by atoms with E-state index in [1.807, 2.05) is 6.92 Å². The number of fused-ring (bicyclic) bond motifs is 1. The highest BCUT2D eigenvalue weighted by Crippen LogP contribution is 2.45. The van der Waals surface area contributed by atoms with Crippen molar-refractivity contribution in [3.63, 3.8) is 0 Å². The largest absolute Gasteiger partial charge is 0.508 e. The van der Waals surface area contributed by atoms with Gasteiger partial charge in [-0.25, -0.2) is 0 Å². The van der Waals surface area contributed by atoms with E-state index >= 15 is 0 Å². The monoisotopic (exact) mass is 300 g/mol. The summed E-state index contributed by atoms with van der Waals surface area (Å²) in [6, 6.07) is 7.61. The molecular formula is C17H16O5. The second kappa shape index (κ2) is 5.26. The van der Waals surface area contributed by atoms with E-state index in [9.17, 15) is 20.1 Å². The predicted octanol–water partition coefficient (Wildman–Crippen LogP) is 3.07. The molecule has 0 aliphatic carbocycles. The molecule has 2 aromatic carbocycles. The summed E-state index contributed by atoms with van der Waals surface area (Å²) in [7, 11) is 0. The molecule has 1 aliphatic heterocycles. The summed E-state index contributed by atoms with van der Waals surface area (Å²) in [4.78, 5) is 12.4.